The van der Waals surface area contributed by atoms with E-state index in [4.69, 9.17) is 4.74 Å². The lowest BCUT2D eigenvalue weighted by Gasteiger charge is -2.40. The normalized spacial score (nSPS) is 14.9. The maximum Gasteiger partial charge on any atom is 0.256 e. The van der Waals surface area contributed by atoms with Crippen molar-refractivity contribution >= 4 is 79.8 Å². The molecule has 0 aliphatic carbocycles. The van der Waals surface area contributed by atoms with Crippen LogP contribution in [-0.4, -0.2) is 18.0 Å². The van der Waals surface area contributed by atoms with Gasteiger partial charge in [0.05, 0.1) is 0 Å². The number of hydrogen-bond donors (Lipinski definition) is 0. The second-order valence-electron chi connectivity index (χ2n) is 10.0. The number of benzene rings is 5. The molecular formula is C30H15B2NOS. The number of fused-ring (bicyclic) bond motifs is 7. The molecule has 0 N–H and O–H groups in total. The topological polar surface area (TPSA) is 14.2 Å². The smallest absolute Gasteiger partial charge is 0.256 e. The van der Waals surface area contributed by atoms with Crippen molar-refractivity contribution in [3.05, 3.63) is 91.0 Å². The summed E-state index contributed by atoms with van der Waals surface area (Å²) in [5, 5.41) is 2.71. The monoisotopic (exact) mass is 459 g/mol. The van der Waals surface area contributed by atoms with E-state index in [1.54, 1.807) is 0 Å². The van der Waals surface area contributed by atoms with Crippen LogP contribution in [0.15, 0.2) is 101 Å². The lowest BCUT2D eigenvalue weighted by molar-refractivity contribution is 0.486. The Morgan fingerprint density at radius 1 is 0.571 bits per heavy atom. The number of ether oxygens (including phenoxy) is 1. The second-order valence-corrected chi connectivity index (χ2v) is 11.1. The highest BCUT2D eigenvalue weighted by Crippen LogP contribution is 2.42. The van der Waals surface area contributed by atoms with Gasteiger partial charge in [-0.25, -0.2) is 0 Å². The molecule has 0 saturated carbocycles. The molecule has 158 valence electrons. The van der Waals surface area contributed by atoms with Gasteiger partial charge in [-0.1, -0.05) is 90.0 Å². The number of aromatic nitrogens is 1. The van der Waals surface area contributed by atoms with Crippen LogP contribution in [-0.2, 0) is 0 Å². The van der Waals surface area contributed by atoms with Crippen LogP contribution in [0.4, 0.5) is 0 Å². The van der Waals surface area contributed by atoms with Crippen LogP contribution in [0.1, 0.15) is 0 Å². The average molecular weight is 459 g/mol. The van der Waals surface area contributed by atoms with Crippen LogP contribution in [0, 0.1) is 0 Å². The lowest BCUT2D eigenvalue weighted by atomic mass is 9.31. The highest BCUT2D eigenvalue weighted by molar-refractivity contribution is 8.00. The molecule has 0 amide bonds. The van der Waals surface area contributed by atoms with E-state index in [9.17, 15) is 0 Å². The minimum Gasteiger partial charge on any atom is -0.458 e. The minimum absolute atomic E-state index is 0.181. The van der Waals surface area contributed by atoms with Gasteiger partial charge in [-0.3, -0.25) is 0 Å². The number of hydrogen-bond acceptors (Lipinski definition) is 2. The van der Waals surface area contributed by atoms with Crippen molar-refractivity contribution in [3.8, 4) is 17.2 Å². The summed E-state index contributed by atoms with van der Waals surface area (Å²) in [5.41, 5.74) is 12.4. The molecule has 10 rings (SSSR count). The highest BCUT2D eigenvalue weighted by atomic mass is 32.2. The Bertz CT molecular complexity index is 1850. The maximum atomic E-state index is 6.66. The zero-order chi connectivity index (χ0) is 22.4. The molecule has 35 heavy (non-hydrogen) atoms. The SMILES string of the molecule is c1ccc2c(c1)Oc1cc3c4c5c1B2c1cccc2c6cccc(c6n-5c12)B4c1ccccc1S3. The first-order valence-electron chi connectivity index (χ1n) is 12.2. The summed E-state index contributed by atoms with van der Waals surface area (Å²) in [5.74, 6) is 1.99. The largest absolute Gasteiger partial charge is 0.458 e. The predicted molar refractivity (Wildman–Crippen MR) is 147 cm³/mol. The fraction of sp³-hybridized carbons (Fsp3) is 0. The van der Waals surface area contributed by atoms with Crippen molar-refractivity contribution in [3.63, 3.8) is 0 Å². The molecule has 0 saturated heterocycles. The summed E-state index contributed by atoms with van der Waals surface area (Å²) in [6.45, 7) is 0.419. The second kappa shape index (κ2) is 5.69. The molecule has 0 spiro atoms. The Morgan fingerprint density at radius 2 is 1.23 bits per heavy atom. The van der Waals surface area contributed by atoms with E-state index >= 15 is 0 Å². The molecular weight excluding hydrogens is 444 g/mol. The summed E-state index contributed by atoms with van der Waals surface area (Å²) in [4.78, 5) is 2.67. The number of rotatable bonds is 0. The quantitative estimate of drug-likeness (QED) is 0.324. The van der Waals surface area contributed by atoms with Crippen LogP contribution in [0.25, 0.3) is 27.5 Å². The van der Waals surface area contributed by atoms with Crippen molar-refractivity contribution in [2.45, 2.75) is 9.79 Å². The molecule has 2 nitrogen and oxygen atoms in total. The Hall–Kier alpha value is -3.82. The third kappa shape index (κ3) is 1.84. The van der Waals surface area contributed by atoms with Crippen LogP contribution in [0.5, 0.6) is 11.5 Å². The van der Waals surface area contributed by atoms with E-state index in [-0.39, 0.29) is 13.4 Å². The Kier molecular flexibility index (Phi) is 2.86. The maximum absolute atomic E-state index is 6.66. The molecule has 5 aromatic carbocycles. The highest BCUT2D eigenvalue weighted by Gasteiger charge is 2.47. The number of para-hydroxylation sites is 3. The standard InChI is InChI=1S/C30H15B2NOS/c1-3-13-22-18(9-1)31-20-11-5-7-16-17-8-6-12-21-29(17)33(28(16)20)30-26(31)23(34-22)15-25-27(30)32(21)19-10-2-4-14-24(19)35-25/h1-15H. The molecule has 0 unspecified atom stereocenters. The Labute approximate surface area is 206 Å². The number of nitrogens with zero attached hydrogens (tertiary/aromatic N) is 1. The third-order valence-corrected chi connectivity index (χ3v) is 9.65. The first kappa shape index (κ1) is 17.6. The van der Waals surface area contributed by atoms with Gasteiger partial charge in [-0.05, 0) is 45.5 Å². The molecule has 1 aromatic heterocycles. The summed E-state index contributed by atoms with van der Waals surface area (Å²) in [6, 6.07) is 33.7. The van der Waals surface area contributed by atoms with Gasteiger partial charge in [0.1, 0.15) is 11.5 Å². The first-order valence-corrected chi connectivity index (χ1v) is 13.0. The molecule has 4 aliphatic rings. The van der Waals surface area contributed by atoms with E-state index < -0.39 is 0 Å². The van der Waals surface area contributed by atoms with Crippen LogP contribution in [0.2, 0.25) is 0 Å². The fourth-order valence-corrected chi connectivity index (χ4v) is 8.47. The summed E-state index contributed by atoms with van der Waals surface area (Å²) >= 11 is 1.89. The van der Waals surface area contributed by atoms with E-state index in [1.807, 2.05) is 11.8 Å². The zero-order valence-corrected chi connectivity index (χ0v) is 19.4. The van der Waals surface area contributed by atoms with Gasteiger partial charge in [0.2, 0.25) is 6.71 Å². The third-order valence-electron chi connectivity index (χ3n) is 8.50. The van der Waals surface area contributed by atoms with Crippen molar-refractivity contribution < 1.29 is 4.74 Å². The molecule has 5 heterocycles. The van der Waals surface area contributed by atoms with Gasteiger partial charge in [0.15, 0.2) is 0 Å². The molecule has 0 fully saturated rings. The Morgan fingerprint density at radius 3 is 2.03 bits per heavy atom. The van der Waals surface area contributed by atoms with E-state index in [2.05, 4.69) is 95.6 Å². The summed E-state index contributed by atoms with van der Waals surface area (Å²) < 4.78 is 9.25. The van der Waals surface area contributed by atoms with E-state index in [0.717, 1.165) is 11.5 Å². The first-order chi connectivity index (χ1) is 17.4. The molecule has 4 aliphatic heterocycles. The summed E-state index contributed by atoms with van der Waals surface area (Å²) in [7, 11) is 0. The zero-order valence-electron chi connectivity index (χ0n) is 18.6. The van der Waals surface area contributed by atoms with Crippen LogP contribution in [0.3, 0.4) is 0 Å². The van der Waals surface area contributed by atoms with Crippen LogP contribution < -0.4 is 37.5 Å². The predicted octanol–water partition coefficient (Wildman–Crippen LogP) is 3.01. The molecule has 6 aromatic rings. The van der Waals surface area contributed by atoms with Crippen molar-refractivity contribution in [1.82, 2.24) is 4.57 Å². The van der Waals surface area contributed by atoms with Gasteiger partial charge in [0, 0.05) is 37.3 Å². The molecule has 5 heteroatoms. The minimum atomic E-state index is 0.181. The average Bonchev–Trinajstić information content (AvgIpc) is 3.25. The fourth-order valence-electron chi connectivity index (χ4n) is 7.30. The van der Waals surface area contributed by atoms with Crippen molar-refractivity contribution in [2.75, 3.05) is 0 Å². The van der Waals surface area contributed by atoms with Crippen molar-refractivity contribution in [1.29, 1.82) is 0 Å². The van der Waals surface area contributed by atoms with E-state index in [1.165, 1.54) is 70.1 Å². The molecule has 0 atom stereocenters. The van der Waals surface area contributed by atoms with Gasteiger partial charge in [-0.15, -0.1) is 0 Å². The summed E-state index contributed by atoms with van der Waals surface area (Å²) in [6.07, 6.45) is 0. The molecule has 0 radical (unpaired) electrons. The van der Waals surface area contributed by atoms with Crippen LogP contribution >= 0.6 is 11.8 Å². The van der Waals surface area contributed by atoms with Crippen molar-refractivity contribution in [2.24, 2.45) is 0 Å². The Balaban J connectivity index is 1.51. The molecule has 0 bridgehead atoms. The lowest BCUT2D eigenvalue weighted by Crippen LogP contribution is -2.65. The van der Waals surface area contributed by atoms with Gasteiger partial charge < -0.3 is 9.30 Å². The van der Waals surface area contributed by atoms with Gasteiger partial charge in [0.25, 0.3) is 6.71 Å². The van der Waals surface area contributed by atoms with Gasteiger partial charge in [-0.2, -0.15) is 0 Å². The van der Waals surface area contributed by atoms with Gasteiger partial charge >= 0.3 is 0 Å². The van der Waals surface area contributed by atoms with E-state index in [0.29, 0.717) is 0 Å².